The topological polar surface area (TPSA) is 105 Å². The molecule has 33 heavy (non-hydrogen) atoms. The lowest BCUT2D eigenvalue weighted by Gasteiger charge is -2.24. The molecule has 1 aliphatic heterocycles. The minimum atomic E-state index is -3.78. The van der Waals surface area contributed by atoms with Gasteiger partial charge in [-0.3, -0.25) is 13.9 Å². The summed E-state index contributed by atoms with van der Waals surface area (Å²) in [4.78, 5) is 26.4. The minimum Gasteiger partial charge on any atom is -0.497 e. The molecule has 0 unspecified atom stereocenters. The Bertz CT molecular complexity index is 1120. The average Bonchev–Trinajstić information content (AvgIpc) is 3.19. The molecule has 9 nitrogen and oxygen atoms in total. The van der Waals surface area contributed by atoms with Crippen molar-refractivity contribution in [3.05, 3.63) is 53.6 Å². The monoisotopic (exact) mass is 475 g/mol. The van der Waals surface area contributed by atoms with Gasteiger partial charge in [0.1, 0.15) is 18.0 Å². The number of likely N-dealkylation sites (tertiary alicyclic amines) is 1. The van der Waals surface area contributed by atoms with Gasteiger partial charge in [-0.2, -0.15) is 0 Å². The van der Waals surface area contributed by atoms with E-state index in [-0.39, 0.29) is 18.1 Å². The van der Waals surface area contributed by atoms with Crippen LogP contribution in [0, 0.1) is 0 Å². The molecule has 2 amide bonds. The number of benzene rings is 2. The van der Waals surface area contributed by atoms with E-state index in [2.05, 4.69) is 5.32 Å². The Balaban J connectivity index is 1.68. The highest BCUT2D eigenvalue weighted by Crippen LogP contribution is 2.33. The van der Waals surface area contributed by atoms with Gasteiger partial charge in [-0.15, -0.1) is 0 Å². The number of methoxy groups -OCH3 is 2. The minimum absolute atomic E-state index is 0.155. The fraction of sp³-hybridized carbons (Fsp3) is 0.391. The smallest absolute Gasteiger partial charge is 0.241 e. The second-order valence-corrected chi connectivity index (χ2v) is 9.73. The van der Waals surface area contributed by atoms with Crippen molar-refractivity contribution in [1.29, 1.82) is 0 Å². The van der Waals surface area contributed by atoms with Crippen molar-refractivity contribution < 1.29 is 27.5 Å². The molecule has 1 N–H and O–H groups in total. The maximum atomic E-state index is 12.7. The zero-order valence-corrected chi connectivity index (χ0v) is 19.9. The van der Waals surface area contributed by atoms with Gasteiger partial charge in [-0.1, -0.05) is 24.3 Å². The molecule has 0 saturated carbocycles. The van der Waals surface area contributed by atoms with Gasteiger partial charge in [0, 0.05) is 32.1 Å². The molecule has 0 spiro atoms. The van der Waals surface area contributed by atoms with E-state index in [1.807, 2.05) is 29.2 Å². The SMILES string of the molecule is COc1ccc(OC)c(N(CC(=O)NCc2cccc(CN3CCCC3=O)c2)S(C)(=O)=O)c1. The van der Waals surface area contributed by atoms with E-state index in [4.69, 9.17) is 9.47 Å². The lowest BCUT2D eigenvalue weighted by atomic mass is 10.1. The molecular weight excluding hydrogens is 446 g/mol. The summed E-state index contributed by atoms with van der Waals surface area (Å²) in [5.41, 5.74) is 2.06. The largest absolute Gasteiger partial charge is 0.497 e. The summed E-state index contributed by atoms with van der Waals surface area (Å²) in [6, 6.07) is 12.4. The summed E-state index contributed by atoms with van der Waals surface area (Å²) in [6.07, 6.45) is 2.50. The average molecular weight is 476 g/mol. The molecule has 2 aromatic carbocycles. The molecule has 0 radical (unpaired) electrons. The first-order valence-electron chi connectivity index (χ1n) is 10.5. The molecule has 10 heteroatoms. The van der Waals surface area contributed by atoms with Crippen LogP contribution in [0.1, 0.15) is 24.0 Å². The first-order valence-corrected chi connectivity index (χ1v) is 12.4. The Morgan fingerprint density at radius 2 is 1.88 bits per heavy atom. The lowest BCUT2D eigenvalue weighted by Crippen LogP contribution is -2.40. The second-order valence-electron chi connectivity index (χ2n) is 7.82. The normalized spacial score (nSPS) is 13.7. The number of hydrogen-bond acceptors (Lipinski definition) is 6. The summed E-state index contributed by atoms with van der Waals surface area (Å²) in [5, 5.41) is 2.77. The molecular formula is C23H29N3O6S. The number of amides is 2. The molecule has 0 atom stereocenters. The van der Waals surface area contributed by atoms with Crippen LogP contribution in [0.4, 0.5) is 5.69 Å². The molecule has 1 heterocycles. The van der Waals surface area contributed by atoms with Gasteiger partial charge in [0.2, 0.25) is 21.8 Å². The molecule has 1 fully saturated rings. The fourth-order valence-corrected chi connectivity index (χ4v) is 4.54. The summed E-state index contributed by atoms with van der Waals surface area (Å²) in [6.45, 7) is 1.12. The van der Waals surface area contributed by atoms with Crippen molar-refractivity contribution in [2.75, 3.05) is 37.9 Å². The van der Waals surface area contributed by atoms with Crippen LogP contribution in [0.3, 0.4) is 0 Å². The van der Waals surface area contributed by atoms with E-state index >= 15 is 0 Å². The van der Waals surface area contributed by atoms with Gasteiger partial charge in [-0.25, -0.2) is 8.42 Å². The van der Waals surface area contributed by atoms with Crippen LogP contribution < -0.4 is 19.1 Å². The number of ether oxygens (including phenoxy) is 2. The molecule has 1 aliphatic rings. The van der Waals surface area contributed by atoms with Gasteiger partial charge in [0.05, 0.1) is 26.2 Å². The van der Waals surface area contributed by atoms with Gasteiger partial charge < -0.3 is 19.7 Å². The van der Waals surface area contributed by atoms with Crippen LogP contribution in [0.25, 0.3) is 0 Å². The first-order chi connectivity index (χ1) is 15.7. The first kappa shape index (κ1) is 24.4. The fourth-order valence-electron chi connectivity index (χ4n) is 3.69. The molecule has 0 bridgehead atoms. The van der Waals surface area contributed by atoms with Crippen LogP contribution in [0.5, 0.6) is 11.5 Å². The van der Waals surface area contributed by atoms with E-state index in [9.17, 15) is 18.0 Å². The zero-order chi connectivity index (χ0) is 24.0. The van der Waals surface area contributed by atoms with Crippen molar-refractivity contribution in [3.63, 3.8) is 0 Å². The van der Waals surface area contributed by atoms with E-state index in [0.29, 0.717) is 24.5 Å². The third kappa shape index (κ3) is 6.38. The Labute approximate surface area is 194 Å². The van der Waals surface area contributed by atoms with Crippen molar-refractivity contribution in [2.45, 2.75) is 25.9 Å². The number of carbonyl (C=O) groups excluding carboxylic acids is 2. The van der Waals surface area contributed by atoms with E-state index in [0.717, 1.165) is 34.7 Å². The highest BCUT2D eigenvalue weighted by molar-refractivity contribution is 7.92. The third-order valence-corrected chi connectivity index (χ3v) is 6.49. The predicted molar refractivity (Wildman–Crippen MR) is 125 cm³/mol. The van der Waals surface area contributed by atoms with E-state index in [1.165, 1.54) is 20.3 Å². The Kier molecular flexibility index (Phi) is 7.80. The van der Waals surface area contributed by atoms with Crippen molar-refractivity contribution in [2.24, 2.45) is 0 Å². The number of nitrogens with zero attached hydrogens (tertiary/aromatic N) is 2. The predicted octanol–water partition coefficient (Wildman–Crippen LogP) is 1.91. The molecule has 0 aliphatic carbocycles. The van der Waals surface area contributed by atoms with Crippen LogP contribution in [-0.2, 0) is 32.7 Å². The number of anilines is 1. The zero-order valence-electron chi connectivity index (χ0n) is 19.0. The van der Waals surface area contributed by atoms with Gasteiger partial charge in [0.15, 0.2) is 0 Å². The number of nitrogens with one attached hydrogen (secondary N) is 1. The van der Waals surface area contributed by atoms with Gasteiger partial charge >= 0.3 is 0 Å². The summed E-state index contributed by atoms with van der Waals surface area (Å²) in [7, 11) is -0.885. The number of hydrogen-bond donors (Lipinski definition) is 1. The molecule has 2 aromatic rings. The van der Waals surface area contributed by atoms with Crippen molar-refractivity contribution in [1.82, 2.24) is 10.2 Å². The maximum Gasteiger partial charge on any atom is 0.241 e. The highest BCUT2D eigenvalue weighted by Gasteiger charge is 2.25. The Morgan fingerprint density at radius 3 is 2.52 bits per heavy atom. The maximum absolute atomic E-state index is 12.7. The van der Waals surface area contributed by atoms with Crippen LogP contribution in [-0.4, -0.2) is 58.7 Å². The molecule has 1 saturated heterocycles. The van der Waals surface area contributed by atoms with Crippen LogP contribution in [0.2, 0.25) is 0 Å². The summed E-state index contributed by atoms with van der Waals surface area (Å²) >= 11 is 0. The Morgan fingerprint density at radius 1 is 1.12 bits per heavy atom. The standard InChI is InChI=1S/C23H29N3O6S/c1-31-19-9-10-21(32-2)20(13-19)26(33(3,29)30)16-22(27)24-14-17-6-4-7-18(12-17)15-25-11-5-8-23(25)28/h4,6-7,9-10,12-13H,5,8,11,14-16H2,1-3H3,(H,24,27). The molecule has 0 aromatic heterocycles. The van der Waals surface area contributed by atoms with Gasteiger partial charge in [-0.05, 0) is 29.7 Å². The number of carbonyl (C=O) groups is 2. The molecule has 178 valence electrons. The van der Waals surface area contributed by atoms with E-state index in [1.54, 1.807) is 12.1 Å². The van der Waals surface area contributed by atoms with Crippen molar-refractivity contribution in [3.8, 4) is 11.5 Å². The summed E-state index contributed by atoms with van der Waals surface area (Å²) in [5.74, 6) is 0.430. The van der Waals surface area contributed by atoms with Gasteiger partial charge in [0.25, 0.3) is 0 Å². The molecule has 3 rings (SSSR count). The highest BCUT2D eigenvalue weighted by atomic mass is 32.2. The Hall–Kier alpha value is -3.27. The number of sulfonamides is 1. The van der Waals surface area contributed by atoms with Crippen molar-refractivity contribution >= 4 is 27.5 Å². The summed E-state index contributed by atoms with van der Waals surface area (Å²) < 4.78 is 36.4. The lowest BCUT2D eigenvalue weighted by molar-refractivity contribution is -0.128. The number of rotatable bonds is 10. The van der Waals surface area contributed by atoms with E-state index < -0.39 is 22.5 Å². The quantitative estimate of drug-likeness (QED) is 0.563. The third-order valence-electron chi connectivity index (χ3n) is 5.37. The van der Waals surface area contributed by atoms with Crippen LogP contribution >= 0.6 is 0 Å². The second kappa shape index (κ2) is 10.6. The van der Waals surface area contributed by atoms with Crippen LogP contribution in [0.15, 0.2) is 42.5 Å².